The van der Waals surface area contributed by atoms with E-state index >= 15 is 0 Å². The van der Waals surface area contributed by atoms with E-state index in [2.05, 4.69) is 10.2 Å². The molecule has 0 spiro atoms. The van der Waals surface area contributed by atoms with Crippen LogP contribution in [0.5, 0.6) is 5.75 Å². The van der Waals surface area contributed by atoms with Gasteiger partial charge in [0.2, 0.25) is 5.13 Å². The topological polar surface area (TPSA) is 92.6 Å². The van der Waals surface area contributed by atoms with Crippen LogP contribution in [0.2, 0.25) is 10.0 Å². The van der Waals surface area contributed by atoms with Crippen molar-refractivity contribution in [1.82, 2.24) is 10.2 Å². The number of hydrogen-bond donors (Lipinski definition) is 1. The second-order valence-electron chi connectivity index (χ2n) is 8.22. The predicted molar refractivity (Wildman–Crippen MR) is 150 cm³/mol. The van der Waals surface area contributed by atoms with Crippen LogP contribution in [0.4, 0.5) is 5.13 Å². The summed E-state index contributed by atoms with van der Waals surface area (Å²) in [5.74, 6) is -0.775. The zero-order valence-electron chi connectivity index (χ0n) is 19.8. The Bertz CT molecular complexity index is 1540. The Morgan fingerprint density at radius 1 is 1.03 bits per heavy atom. The fourth-order valence-corrected chi connectivity index (χ4v) is 6.08. The van der Waals surface area contributed by atoms with E-state index in [1.165, 1.54) is 35.1 Å². The molecule has 1 N–H and O–H groups in total. The number of carbonyl (C=O) groups is 2. The summed E-state index contributed by atoms with van der Waals surface area (Å²) < 4.78 is 5.99. The summed E-state index contributed by atoms with van der Waals surface area (Å²) in [4.78, 5) is 28.0. The molecule has 0 saturated carbocycles. The number of carbonyl (C=O) groups excluding carboxylic acids is 2. The molecule has 1 unspecified atom stereocenters. The highest BCUT2D eigenvalue weighted by Crippen LogP contribution is 2.44. The normalized spacial score (nSPS) is 16.7. The van der Waals surface area contributed by atoms with Crippen LogP contribution < -0.4 is 9.64 Å². The zero-order valence-corrected chi connectivity index (χ0v) is 22.9. The van der Waals surface area contributed by atoms with E-state index in [4.69, 9.17) is 27.9 Å². The summed E-state index contributed by atoms with van der Waals surface area (Å²) in [6.45, 7) is 0. The second-order valence-corrected chi connectivity index (χ2v) is 11.3. The third-order valence-electron chi connectivity index (χ3n) is 5.85. The van der Waals surface area contributed by atoms with Crippen molar-refractivity contribution in [3.63, 3.8) is 0 Å². The molecule has 1 aliphatic heterocycles. The van der Waals surface area contributed by atoms with Gasteiger partial charge in [-0.1, -0.05) is 70.6 Å². The Kier molecular flexibility index (Phi) is 7.71. The quantitative estimate of drug-likeness (QED) is 0.0843. The van der Waals surface area contributed by atoms with Gasteiger partial charge in [0.05, 0.1) is 18.7 Å². The van der Waals surface area contributed by atoms with E-state index in [0.717, 1.165) is 5.56 Å². The molecule has 1 aromatic heterocycles. The Balaban J connectivity index is 1.54. The number of methoxy groups -OCH3 is 1. The smallest absolute Gasteiger partial charge is 0.301 e. The molecule has 0 bridgehead atoms. The van der Waals surface area contributed by atoms with Gasteiger partial charge in [-0.15, -0.1) is 10.2 Å². The molecule has 192 valence electrons. The molecule has 1 atom stereocenters. The Labute approximate surface area is 236 Å². The van der Waals surface area contributed by atoms with Crippen molar-refractivity contribution in [3.8, 4) is 5.75 Å². The number of hydrogen-bond acceptors (Lipinski definition) is 8. The number of anilines is 1. The van der Waals surface area contributed by atoms with Crippen LogP contribution in [0.1, 0.15) is 22.7 Å². The molecule has 38 heavy (non-hydrogen) atoms. The number of thioether (sulfide) groups is 1. The highest BCUT2D eigenvalue weighted by molar-refractivity contribution is 8.00. The number of amides is 1. The lowest BCUT2D eigenvalue weighted by atomic mass is 9.95. The summed E-state index contributed by atoms with van der Waals surface area (Å²) in [5.41, 5.74) is 1.92. The van der Waals surface area contributed by atoms with Crippen LogP contribution in [-0.2, 0) is 15.3 Å². The van der Waals surface area contributed by atoms with Crippen molar-refractivity contribution in [1.29, 1.82) is 0 Å². The molecule has 5 rings (SSSR count). The summed E-state index contributed by atoms with van der Waals surface area (Å²) >= 11 is 14.6. The van der Waals surface area contributed by atoms with Gasteiger partial charge in [-0.3, -0.25) is 14.5 Å². The third-order valence-corrected chi connectivity index (χ3v) is 8.48. The lowest BCUT2D eigenvalue weighted by Gasteiger charge is -2.22. The molecular formula is C27H19Cl2N3O4S2. The van der Waals surface area contributed by atoms with E-state index in [-0.39, 0.29) is 16.5 Å². The monoisotopic (exact) mass is 583 g/mol. The molecule has 1 aliphatic rings. The van der Waals surface area contributed by atoms with Gasteiger partial charge in [-0.25, -0.2) is 0 Å². The Hall–Kier alpha value is -3.37. The molecule has 2 heterocycles. The average Bonchev–Trinajstić information content (AvgIpc) is 3.50. The summed E-state index contributed by atoms with van der Waals surface area (Å²) in [6.07, 6.45) is 0. The molecule has 3 aromatic carbocycles. The van der Waals surface area contributed by atoms with Crippen molar-refractivity contribution in [2.45, 2.75) is 16.1 Å². The fourth-order valence-electron chi connectivity index (χ4n) is 4.00. The number of nitrogens with zero attached hydrogens (tertiary/aromatic N) is 3. The maximum absolute atomic E-state index is 13.4. The third kappa shape index (κ3) is 5.28. The lowest BCUT2D eigenvalue weighted by molar-refractivity contribution is -0.132. The molecule has 1 amide bonds. The van der Waals surface area contributed by atoms with Crippen LogP contribution in [0.15, 0.2) is 82.7 Å². The van der Waals surface area contributed by atoms with Gasteiger partial charge in [0.1, 0.15) is 11.5 Å². The minimum absolute atomic E-state index is 0.0591. The molecular weight excluding hydrogens is 565 g/mol. The average molecular weight is 585 g/mol. The number of benzene rings is 3. The first-order chi connectivity index (χ1) is 18.4. The standard InChI is InChI=1S/C27H19Cl2N3O4S2/c1-36-20-4-2-3-17(13-20)22-21(23(33)16-7-11-19(29)12-8-16)24(34)25(35)32(22)26-30-31-27(38-26)37-14-15-5-9-18(28)10-6-15/h2-13,22,33H,14H2,1H3/b23-21-. The van der Waals surface area contributed by atoms with Crippen LogP contribution in [-0.4, -0.2) is 34.1 Å². The van der Waals surface area contributed by atoms with Gasteiger partial charge in [0.15, 0.2) is 4.34 Å². The van der Waals surface area contributed by atoms with Gasteiger partial charge < -0.3 is 9.84 Å². The SMILES string of the molecule is COc1cccc(C2/C(=C(/O)c3ccc(Cl)cc3)C(=O)C(=O)N2c2nnc(SCc3ccc(Cl)cc3)s2)c1. The fraction of sp³-hybridized carbons (Fsp3) is 0.111. The maximum atomic E-state index is 13.4. The summed E-state index contributed by atoms with van der Waals surface area (Å²) in [7, 11) is 1.53. The number of aliphatic hydroxyl groups excluding tert-OH is 1. The number of ketones is 1. The molecule has 0 aliphatic carbocycles. The maximum Gasteiger partial charge on any atom is 0.301 e. The number of Topliss-reactive ketones (excluding diaryl/α,β-unsaturated/α-hetero) is 1. The highest BCUT2D eigenvalue weighted by atomic mass is 35.5. The number of ether oxygens (including phenoxy) is 1. The largest absolute Gasteiger partial charge is 0.507 e. The van der Waals surface area contributed by atoms with Crippen LogP contribution in [0, 0.1) is 0 Å². The first-order valence-electron chi connectivity index (χ1n) is 11.3. The second kappa shape index (κ2) is 11.2. The summed E-state index contributed by atoms with van der Waals surface area (Å²) in [5, 5.41) is 21.1. The number of halogens is 2. The van der Waals surface area contributed by atoms with E-state index < -0.39 is 17.7 Å². The minimum Gasteiger partial charge on any atom is -0.507 e. The van der Waals surface area contributed by atoms with Crippen molar-refractivity contribution in [2.75, 3.05) is 12.0 Å². The Morgan fingerprint density at radius 2 is 1.71 bits per heavy atom. The molecule has 7 nitrogen and oxygen atoms in total. The van der Waals surface area contributed by atoms with Gasteiger partial charge in [0, 0.05) is 21.4 Å². The lowest BCUT2D eigenvalue weighted by Crippen LogP contribution is -2.29. The van der Waals surface area contributed by atoms with Gasteiger partial charge in [-0.05, 0) is 59.7 Å². The van der Waals surface area contributed by atoms with Crippen molar-refractivity contribution in [3.05, 3.63) is 105 Å². The molecule has 1 fully saturated rings. The highest BCUT2D eigenvalue weighted by Gasteiger charge is 2.48. The van der Waals surface area contributed by atoms with Crippen LogP contribution >= 0.6 is 46.3 Å². The molecule has 0 radical (unpaired) electrons. The molecule has 11 heteroatoms. The first kappa shape index (κ1) is 26.2. The number of aliphatic hydroxyl groups is 1. The summed E-state index contributed by atoms with van der Waals surface area (Å²) in [6, 6.07) is 19.9. The molecule has 4 aromatic rings. The van der Waals surface area contributed by atoms with Crippen molar-refractivity contribution < 1.29 is 19.4 Å². The van der Waals surface area contributed by atoms with Crippen LogP contribution in [0.25, 0.3) is 5.76 Å². The minimum atomic E-state index is -0.942. The molecule has 1 saturated heterocycles. The van der Waals surface area contributed by atoms with E-state index in [1.54, 1.807) is 48.5 Å². The van der Waals surface area contributed by atoms with Crippen molar-refractivity contribution in [2.24, 2.45) is 0 Å². The number of aromatic nitrogens is 2. The predicted octanol–water partition coefficient (Wildman–Crippen LogP) is 6.77. The van der Waals surface area contributed by atoms with E-state index in [1.807, 2.05) is 24.3 Å². The Morgan fingerprint density at radius 3 is 2.39 bits per heavy atom. The first-order valence-corrected chi connectivity index (χ1v) is 13.8. The zero-order chi connectivity index (χ0) is 26.8. The van der Waals surface area contributed by atoms with Gasteiger partial charge in [-0.2, -0.15) is 0 Å². The van der Waals surface area contributed by atoms with E-state index in [9.17, 15) is 14.7 Å². The van der Waals surface area contributed by atoms with Gasteiger partial charge in [0.25, 0.3) is 5.78 Å². The van der Waals surface area contributed by atoms with Crippen LogP contribution in [0.3, 0.4) is 0 Å². The van der Waals surface area contributed by atoms with E-state index in [0.29, 0.717) is 37.0 Å². The van der Waals surface area contributed by atoms with Crippen molar-refractivity contribution >= 4 is 68.9 Å². The van der Waals surface area contributed by atoms with Gasteiger partial charge >= 0.3 is 5.91 Å². The number of rotatable bonds is 7.